The smallest absolute Gasteiger partial charge is 0.273 e. The Bertz CT molecular complexity index is 805. The number of ether oxygens (including phenoxy) is 1. The fraction of sp³-hybridized carbons (Fsp3) is 0.385. The van der Waals surface area contributed by atoms with Crippen molar-refractivity contribution in [3.8, 4) is 0 Å². The lowest BCUT2D eigenvalue weighted by molar-refractivity contribution is -0.00499. The first-order chi connectivity index (χ1) is 11.0. The van der Waals surface area contributed by atoms with Crippen LogP contribution in [0.5, 0.6) is 0 Å². The fourth-order valence-electron chi connectivity index (χ4n) is 2.47. The summed E-state index contributed by atoms with van der Waals surface area (Å²) in [6, 6.07) is 0.942. The van der Waals surface area contributed by atoms with Crippen LogP contribution in [0.4, 0.5) is 0 Å². The molecule has 3 heterocycles. The number of H-pyrrole nitrogens is 1. The molecule has 0 aromatic carbocycles. The molecular formula is C13H15N5O4S. The maximum absolute atomic E-state index is 12.7. The van der Waals surface area contributed by atoms with Gasteiger partial charge in [-0.2, -0.15) is 5.10 Å². The molecule has 2 aromatic rings. The summed E-state index contributed by atoms with van der Waals surface area (Å²) < 4.78 is 29.2. The molecule has 1 amide bonds. The Hall–Kier alpha value is -2.33. The molecule has 9 nitrogen and oxygen atoms in total. The van der Waals surface area contributed by atoms with Crippen molar-refractivity contribution in [1.29, 1.82) is 0 Å². The molecule has 2 aromatic heterocycles. The van der Waals surface area contributed by atoms with Gasteiger partial charge in [0.2, 0.25) is 0 Å². The third-order valence-corrected chi connectivity index (χ3v) is 4.68. The van der Waals surface area contributed by atoms with E-state index in [9.17, 15) is 13.2 Å². The summed E-state index contributed by atoms with van der Waals surface area (Å²) in [4.78, 5) is 22.0. The number of nitrogens with one attached hydrogen (secondary N) is 1. The minimum Gasteiger partial charge on any atom is -0.377 e. The van der Waals surface area contributed by atoms with Gasteiger partial charge in [0.1, 0.15) is 16.9 Å². The van der Waals surface area contributed by atoms with Crippen molar-refractivity contribution >= 4 is 15.7 Å². The van der Waals surface area contributed by atoms with Crippen LogP contribution >= 0.6 is 0 Å². The topological polar surface area (TPSA) is 118 Å². The fourth-order valence-corrected chi connectivity index (χ4v) is 3.29. The lowest BCUT2D eigenvalue weighted by atomic mass is 10.1. The van der Waals surface area contributed by atoms with Crippen molar-refractivity contribution in [3.05, 3.63) is 36.2 Å². The summed E-state index contributed by atoms with van der Waals surface area (Å²) in [5, 5.41) is 6.49. The third-order valence-electron chi connectivity index (χ3n) is 3.56. The van der Waals surface area contributed by atoms with Crippen LogP contribution in [-0.2, 0) is 14.6 Å². The number of morpholine rings is 1. The van der Waals surface area contributed by atoms with Crippen LogP contribution in [0.25, 0.3) is 0 Å². The van der Waals surface area contributed by atoms with E-state index in [0.29, 0.717) is 18.8 Å². The summed E-state index contributed by atoms with van der Waals surface area (Å²) in [6.45, 7) is 0.882. The second-order valence-electron chi connectivity index (χ2n) is 5.10. The molecule has 3 rings (SSSR count). The first kappa shape index (κ1) is 15.6. The number of aromatic amines is 1. The van der Waals surface area contributed by atoms with Crippen molar-refractivity contribution in [2.75, 3.05) is 26.0 Å². The number of hydrogen-bond acceptors (Lipinski definition) is 7. The van der Waals surface area contributed by atoms with Gasteiger partial charge in [-0.05, 0) is 6.07 Å². The number of rotatable bonds is 3. The molecule has 0 bridgehead atoms. The first-order valence-corrected chi connectivity index (χ1v) is 8.75. The van der Waals surface area contributed by atoms with Gasteiger partial charge in [0.25, 0.3) is 5.91 Å². The van der Waals surface area contributed by atoms with Crippen molar-refractivity contribution < 1.29 is 17.9 Å². The second-order valence-corrected chi connectivity index (χ2v) is 7.09. The number of hydrogen-bond donors (Lipinski definition) is 1. The predicted molar refractivity (Wildman–Crippen MR) is 78.3 cm³/mol. The lowest BCUT2D eigenvalue weighted by Gasteiger charge is -2.35. The van der Waals surface area contributed by atoms with Crippen LogP contribution in [-0.4, -0.2) is 65.4 Å². The van der Waals surface area contributed by atoms with Gasteiger partial charge in [0.15, 0.2) is 9.84 Å². The van der Waals surface area contributed by atoms with E-state index in [2.05, 4.69) is 20.2 Å². The molecule has 0 aliphatic carbocycles. The van der Waals surface area contributed by atoms with Crippen LogP contribution in [0.15, 0.2) is 29.7 Å². The largest absolute Gasteiger partial charge is 0.377 e. The minimum absolute atomic E-state index is 0.0634. The Morgan fingerprint density at radius 1 is 1.48 bits per heavy atom. The van der Waals surface area contributed by atoms with E-state index in [1.54, 1.807) is 0 Å². The van der Waals surface area contributed by atoms with Crippen LogP contribution < -0.4 is 0 Å². The average molecular weight is 337 g/mol. The van der Waals surface area contributed by atoms with E-state index in [-0.39, 0.29) is 23.1 Å². The van der Waals surface area contributed by atoms with Crippen LogP contribution in [0.1, 0.15) is 22.2 Å². The van der Waals surface area contributed by atoms with Crippen LogP contribution in [0.2, 0.25) is 0 Å². The van der Waals surface area contributed by atoms with E-state index in [1.165, 1.54) is 29.7 Å². The molecule has 23 heavy (non-hydrogen) atoms. The Kier molecular flexibility index (Phi) is 4.09. The Morgan fingerprint density at radius 2 is 2.30 bits per heavy atom. The highest BCUT2D eigenvalue weighted by atomic mass is 32.2. The summed E-state index contributed by atoms with van der Waals surface area (Å²) in [7, 11) is -3.47. The van der Waals surface area contributed by atoms with E-state index >= 15 is 0 Å². The summed E-state index contributed by atoms with van der Waals surface area (Å²) in [6.07, 6.45) is 5.11. The van der Waals surface area contributed by atoms with Gasteiger partial charge in [-0.15, -0.1) is 0 Å². The Labute approximate surface area is 132 Å². The molecule has 1 atom stereocenters. The molecule has 0 radical (unpaired) electrons. The zero-order chi connectivity index (χ0) is 16.4. The van der Waals surface area contributed by atoms with Crippen molar-refractivity contribution in [2.45, 2.75) is 10.9 Å². The van der Waals surface area contributed by atoms with E-state index in [4.69, 9.17) is 4.74 Å². The molecular weight excluding hydrogens is 322 g/mol. The predicted octanol–water partition coefficient (Wildman–Crippen LogP) is -0.183. The molecule has 1 N–H and O–H groups in total. The van der Waals surface area contributed by atoms with E-state index < -0.39 is 15.9 Å². The molecule has 0 saturated carbocycles. The zero-order valence-electron chi connectivity index (χ0n) is 12.3. The Morgan fingerprint density at radius 3 is 3.00 bits per heavy atom. The molecule has 1 saturated heterocycles. The number of carbonyl (C=O) groups excluding carboxylic acids is 1. The standard InChI is InChI=1S/C13H15N5O4S/c1-23(20,21)11-6-16-17-12(11)10-7-22-5-4-18(10)13(19)9-2-3-14-8-15-9/h2-3,6,8,10H,4-5,7H2,1H3,(H,16,17). The zero-order valence-corrected chi connectivity index (χ0v) is 13.2. The minimum atomic E-state index is -3.47. The first-order valence-electron chi connectivity index (χ1n) is 6.86. The van der Waals surface area contributed by atoms with E-state index in [1.807, 2.05) is 0 Å². The van der Waals surface area contributed by atoms with Gasteiger partial charge in [0, 0.05) is 19.0 Å². The van der Waals surface area contributed by atoms with Crippen molar-refractivity contribution in [2.24, 2.45) is 0 Å². The van der Waals surface area contributed by atoms with Gasteiger partial charge in [-0.25, -0.2) is 18.4 Å². The highest BCUT2D eigenvalue weighted by Gasteiger charge is 2.34. The van der Waals surface area contributed by atoms with E-state index in [0.717, 1.165) is 6.26 Å². The molecule has 122 valence electrons. The van der Waals surface area contributed by atoms with Gasteiger partial charge in [-0.3, -0.25) is 9.89 Å². The molecule has 1 fully saturated rings. The van der Waals surface area contributed by atoms with Crippen LogP contribution in [0, 0.1) is 0 Å². The van der Waals surface area contributed by atoms with Gasteiger partial charge >= 0.3 is 0 Å². The summed E-state index contributed by atoms with van der Waals surface area (Å²) in [5.41, 5.74) is 0.585. The van der Waals surface area contributed by atoms with Gasteiger partial charge < -0.3 is 9.64 Å². The average Bonchev–Trinajstić information content (AvgIpc) is 3.05. The quantitative estimate of drug-likeness (QED) is 0.825. The van der Waals surface area contributed by atoms with Gasteiger partial charge in [0.05, 0.1) is 31.1 Å². The maximum atomic E-state index is 12.7. The highest BCUT2D eigenvalue weighted by molar-refractivity contribution is 7.90. The third kappa shape index (κ3) is 3.08. The second kappa shape index (κ2) is 6.05. The van der Waals surface area contributed by atoms with Crippen LogP contribution in [0.3, 0.4) is 0 Å². The number of carbonyl (C=O) groups is 1. The molecule has 0 spiro atoms. The monoisotopic (exact) mass is 337 g/mol. The summed E-state index contributed by atoms with van der Waals surface area (Å²) in [5.74, 6) is -0.310. The normalized spacial score (nSPS) is 18.8. The maximum Gasteiger partial charge on any atom is 0.273 e. The molecule has 10 heteroatoms. The SMILES string of the molecule is CS(=O)(=O)c1cn[nH]c1C1COCCN1C(=O)c1ccncn1. The number of nitrogens with zero attached hydrogens (tertiary/aromatic N) is 4. The highest BCUT2D eigenvalue weighted by Crippen LogP contribution is 2.28. The molecule has 1 aliphatic heterocycles. The van der Waals surface area contributed by atoms with Crippen molar-refractivity contribution in [3.63, 3.8) is 0 Å². The number of amides is 1. The number of sulfone groups is 1. The molecule has 1 unspecified atom stereocenters. The van der Waals surface area contributed by atoms with Crippen molar-refractivity contribution in [1.82, 2.24) is 25.1 Å². The Balaban J connectivity index is 1.97. The summed E-state index contributed by atoms with van der Waals surface area (Å²) >= 11 is 0. The molecule has 1 aliphatic rings. The lowest BCUT2D eigenvalue weighted by Crippen LogP contribution is -2.44. The van der Waals surface area contributed by atoms with Gasteiger partial charge in [-0.1, -0.05) is 0 Å². The number of aromatic nitrogens is 4.